The van der Waals surface area contributed by atoms with E-state index in [0.717, 1.165) is 44.3 Å². The van der Waals surface area contributed by atoms with Gasteiger partial charge in [0.25, 0.3) is 0 Å². The van der Waals surface area contributed by atoms with Gasteiger partial charge in [-0.05, 0) is 48.6 Å². The van der Waals surface area contributed by atoms with E-state index in [9.17, 15) is 9.59 Å². The van der Waals surface area contributed by atoms with E-state index >= 15 is 0 Å². The van der Waals surface area contributed by atoms with Gasteiger partial charge in [-0.15, -0.1) is 11.3 Å². The van der Waals surface area contributed by atoms with E-state index in [1.165, 1.54) is 7.85 Å². The first-order valence-corrected chi connectivity index (χ1v) is 10.0. The lowest BCUT2D eigenvalue weighted by Gasteiger charge is -2.14. The first-order valence-electron chi connectivity index (χ1n) is 9.23. The zero-order valence-corrected chi connectivity index (χ0v) is 16.7. The topological polar surface area (TPSA) is 52.6 Å². The Morgan fingerprint density at radius 2 is 1.85 bits per heavy atom. The van der Waals surface area contributed by atoms with Gasteiger partial charge in [0, 0.05) is 20.2 Å². The predicted octanol–water partition coefficient (Wildman–Crippen LogP) is 4.47. The van der Waals surface area contributed by atoms with Crippen molar-refractivity contribution in [2.45, 2.75) is 32.6 Å². The van der Waals surface area contributed by atoms with Gasteiger partial charge < -0.3 is 9.47 Å². The molecular weight excluding hydrogens is 359 g/mol. The van der Waals surface area contributed by atoms with Gasteiger partial charge in [0.1, 0.15) is 5.75 Å². The molecule has 0 amide bonds. The average Bonchev–Trinajstić information content (AvgIpc) is 2.64. The van der Waals surface area contributed by atoms with Gasteiger partial charge in [-0.3, -0.25) is 9.59 Å². The van der Waals surface area contributed by atoms with Crippen molar-refractivity contribution >= 4 is 45.2 Å². The summed E-state index contributed by atoms with van der Waals surface area (Å²) in [5, 5.41) is 1.48. The number of unbranched alkanes of at least 4 members (excludes halogenated alkanes) is 1. The molecule has 0 radical (unpaired) electrons. The third-order valence-electron chi connectivity index (χ3n) is 4.41. The van der Waals surface area contributed by atoms with E-state index in [0.29, 0.717) is 13.2 Å². The maximum atomic E-state index is 13.0. The van der Waals surface area contributed by atoms with Gasteiger partial charge in [0.05, 0.1) is 13.2 Å². The van der Waals surface area contributed by atoms with Crippen molar-refractivity contribution < 1.29 is 14.3 Å². The van der Waals surface area contributed by atoms with E-state index in [1.807, 2.05) is 36.4 Å². The summed E-state index contributed by atoms with van der Waals surface area (Å²) < 4.78 is 12.9. The molecule has 0 N–H and O–H groups in total. The lowest BCUT2D eigenvalue weighted by atomic mass is 10.0. The number of hydrogen-bond donors (Lipinski definition) is 0. The Morgan fingerprint density at radius 1 is 1.11 bits per heavy atom. The second-order valence-electron chi connectivity index (χ2n) is 6.87. The maximum absolute atomic E-state index is 13.0. The van der Waals surface area contributed by atoms with Crippen LogP contribution in [0.15, 0.2) is 41.2 Å². The summed E-state index contributed by atoms with van der Waals surface area (Å²) in [6, 6.07) is 11.6. The fraction of sp³-hybridized carbons (Fsp3) is 0.333. The van der Waals surface area contributed by atoms with Gasteiger partial charge in [0.2, 0.25) is 13.7 Å². The molecule has 1 heterocycles. The zero-order chi connectivity index (χ0) is 19.4. The number of carbonyl (C=O) groups excluding carboxylic acids is 1. The van der Waals surface area contributed by atoms with Crippen molar-refractivity contribution in [1.82, 2.24) is 0 Å². The Kier molecular flexibility index (Phi) is 6.17. The van der Waals surface area contributed by atoms with Crippen molar-refractivity contribution in [1.29, 1.82) is 0 Å². The molecule has 1 aromatic heterocycles. The molecule has 0 aliphatic carbocycles. The third-order valence-corrected chi connectivity index (χ3v) is 5.65. The Morgan fingerprint density at radius 3 is 2.59 bits per heavy atom. The normalized spacial score (nSPS) is 11.2. The Labute approximate surface area is 163 Å². The van der Waals surface area contributed by atoms with E-state index in [4.69, 9.17) is 9.47 Å². The highest BCUT2D eigenvalue weighted by molar-refractivity contribution is 7.24. The van der Waals surface area contributed by atoms with Crippen LogP contribution in [0.2, 0.25) is 0 Å². The van der Waals surface area contributed by atoms with E-state index in [-0.39, 0.29) is 17.2 Å². The molecule has 0 saturated carbocycles. The number of hydrogen-bond acceptors (Lipinski definition) is 5. The quantitative estimate of drug-likeness (QED) is 0.344. The third kappa shape index (κ3) is 4.50. The molecule has 0 aliphatic heterocycles. The fourth-order valence-electron chi connectivity index (χ4n) is 3.03. The minimum atomic E-state index is -0.261. The largest absolute Gasteiger partial charge is 0.494 e. The van der Waals surface area contributed by atoms with Gasteiger partial charge >= 0.3 is 0 Å². The number of fused-ring (bicyclic) bond motifs is 2. The highest BCUT2D eigenvalue weighted by atomic mass is 32.1. The summed E-state index contributed by atoms with van der Waals surface area (Å²) in [6.07, 6.45) is 1.54. The van der Waals surface area contributed by atoms with Crippen LogP contribution < -0.4 is 10.2 Å². The number of benzene rings is 2. The van der Waals surface area contributed by atoms with Gasteiger partial charge in [-0.25, -0.2) is 0 Å². The van der Waals surface area contributed by atoms with Crippen molar-refractivity contribution in [2.75, 3.05) is 13.2 Å². The second-order valence-corrected chi connectivity index (χ2v) is 7.92. The lowest BCUT2D eigenvalue weighted by molar-refractivity contribution is 0.167. The van der Waals surface area contributed by atoms with Crippen LogP contribution in [-0.2, 0) is 4.74 Å². The number of rotatable bonds is 7. The predicted molar refractivity (Wildman–Crippen MR) is 114 cm³/mol. The zero-order valence-electron chi connectivity index (χ0n) is 15.9. The van der Waals surface area contributed by atoms with Gasteiger partial charge in [0.15, 0.2) is 5.43 Å². The molecule has 0 bridgehead atoms. The van der Waals surface area contributed by atoms with Crippen LogP contribution in [0.1, 0.15) is 38.2 Å². The van der Waals surface area contributed by atoms with Crippen molar-refractivity contribution in [3.8, 4) is 5.75 Å². The first kappa shape index (κ1) is 19.4. The van der Waals surface area contributed by atoms with Crippen LogP contribution >= 0.6 is 11.3 Å². The molecule has 6 heteroatoms. The molecule has 140 valence electrons. The number of carbonyl (C=O) groups is 1. The highest BCUT2D eigenvalue weighted by Gasteiger charge is 2.14. The molecule has 27 heavy (non-hydrogen) atoms. The molecule has 3 rings (SSSR count). The molecule has 3 aromatic rings. The summed E-state index contributed by atoms with van der Waals surface area (Å²) in [6.45, 7) is 5.19. The summed E-state index contributed by atoms with van der Waals surface area (Å²) in [5.74, 6) is 0.749. The second kappa shape index (κ2) is 8.57. The smallest absolute Gasteiger partial charge is 0.243 e. The fourth-order valence-corrected chi connectivity index (χ4v) is 4.34. The Bertz CT molecular complexity index is 1030. The minimum absolute atomic E-state index is 0.0570. The highest BCUT2D eigenvalue weighted by Crippen LogP contribution is 2.34. The van der Waals surface area contributed by atoms with E-state index in [2.05, 4.69) is 13.8 Å². The first-order chi connectivity index (χ1) is 13.0. The van der Waals surface area contributed by atoms with Crippen molar-refractivity contribution in [2.24, 2.45) is 0 Å². The van der Waals surface area contributed by atoms with Crippen LogP contribution in [0.4, 0.5) is 4.79 Å². The Hall–Kier alpha value is -2.34. The minimum Gasteiger partial charge on any atom is -0.494 e. The maximum Gasteiger partial charge on any atom is 0.243 e. The summed E-state index contributed by atoms with van der Waals surface area (Å²) in [5.41, 5.74) is 1.19. The SMILES string of the molecule is BC(=O)OCCCCOc1cc(C(C)C)c2sc3ccccc3c(=O)c2c1. The summed E-state index contributed by atoms with van der Waals surface area (Å²) >= 11 is 1.66. The van der Waals surface area contributed by atoms with Crippen LogP contribution in [0.3, 0.4) is 0 Å². The van der Waals surface area contributed by atoms with Crippen LogP contribution in [0.25, 0.3) is 20.2 Å². The van der Waals surface area contributed by atoms with Crippen LogP contribution in [-0.4, -0.2) is 26.9 Å². The van der Waals surface area contributed by atoms with Crippen molar-refractivity contribution in [3.05, 3.63) is 52.2 Å². The van der Waals surface area contributed by atoms with Crippen molar-refractivity contribution in [3.63, 3.8) is 0 Å². The molecule has 0 fully saturated rings. The van der Waals surface area contributed by atoms with Gasteiger partial charge in [-0.2, -0.15) is 0 Å². The molecule has 0 saturated heterocycles. The summed E-state index contributed by atoms with van der Waals surface area (Å²) in [4.78, 5) is 23.8. The molecule has 0 spiro atoms. The Balaban J connectivity index is 1.88. The van der Waals surface area contributed by atoms with Crippen LogP contribution in [0, 0.1) is 0 Å². The summed E-state index contributed by atoms with van der Waals surface area (Å²) in [7, 11) is 1.41. The average molecular weight is 382 g/mol. The van der Waals surface area contributed by atoms with E-state index < -0.39 is 0 Å². The standard InChI is InChI=1S/C21H23BO4S/c1-13(2)16-11-14(25-9-5-6-10-26-21(22)24)12-17-19(23)15-7-3-4-8-18(15)27-20(16)17/h3-4,7-8,11-13H,5-6,9-10,22H2,1-2H3. The molecule has 4 nitrogen and oxygen atoms in total. The molecule has 0 unspecified atom stereocenters. The van der Waals surface area contributed by atoms with Gasteiger partial charge in [-0.1, -0.05) is 26.0 Å². The lowest BCUT2D eigenvalue weighted by Crippen LogP contribution is -2.06. The number of ether oxygens (including phenoxy) is 2. The monoisotopic (exact) mass is 382 g/mol. The van der Waals surface area contributed by atoms with E-state index in [1.54, 1.807) is 11.3 Å². The molecule has 2 aromatic carbocycles. The molecule has 0 aliphatic rings. The molecular formula is C21H23BO4S. The van der Waals surface area contributed by atoms with Crippen LogP contribution in [0.5, 0.6) is 5.75 Å². The molecule has 0 atom stereocenters.